The van der Waals surface area contributed by atoms with Crippen LogP contribution < -0.4 is 15.4 Å². The van der Waals surface area contributed by atoms with Crippen LogP contribution in [0.1, 0.15) is 33.6 Å². The fourth-order valence-corrected chi connectivity index (χ4v) is 6.69. The molecule has 4 N–H and O–H groups in total. The van der Waals surface area contributed by atoms with Gasteiger partial charge in [-0.1, -0.05) is 24.6 Å². The van der Waals surface area contributed by atoms with Gasteiger partial charge in [0.25, 0.3) is 0 Å². The topological polar surface area (TPSA) is 150 Å². The van der Waals surface area contributed by atoms with Crippen molar-refractivity contribution >= 4 is 27.7 Å². The number of likely N-dealkylation sites (tertiary alicyclic amines) is 1. The first-order valence-electron chi connectivity index (χ1n) is 12.3. The Morgan fingerprint density at radius 3 is 2.70 bits per heavy atom. The smallest absolute Gasteiger partial charge is 0.323 e. The number of sulfonamides is 1. The normalized spacial score (nSPS) is 23.5. The Morgan fingerprint density at radius 1 is 1.30 bits per heavy atom. The van der Waals surface area contributed by atoms with Gasteiger partial charge in [0.05, 0.1) is 11.0 Å². The summed E-state index contributed by atoms with van der Waals surface area (Å²) in [7, 11) is -2.07. The lowest BCUT2D eigenvalue weighted by Gasteiger charge is -2.25. The molecule has 1 aromatic heterocycles. The maximum absolute atomic E-state index is 13.0. The van der Waals surface area contributed by atoms with Gasteiger partial charge in [0.15, 0.2) is 0 Å². The highest BCUT2D eigenvalue weighted by molar-refractivity contribution is 7.93. The van der Waals surface area contributed by atoms with Crippen molar-refractivity contribution in [2.24, 2.45) is 5.92 Å². The zero-order valence-electron chi connectivity index (χ0n) is 21.7. The average molecular weight is 536 g/mol. The van der Waals surface area contributed by atoms with Crippen LogP contribution in [-0.2, 0) is 24.3 Å². The number of ether oxygens (including phenoxy) is 1. The number of carbonyl (C=O) groups excluding carboxylic acids is 1. The second kappa shape index (κ2) is 12.6. The minimum Gasteiger partial charge on any atom is -0.480 e. The van der Waals surface area contributed by atoms with Gasteiger partial charge in [0.2, 0.25) is 15.9 Å². The number of nitrogens with one attached hydrogen (secondary N) is 3. The number of carboxylic acid groups (broad SMARTS) is 1. The van der Waals surface area contributed by atoms with E-state index in [1.807, 2.05) is 32.2 Å². The van der Waals surface area contributed by atoms with Crippen LogP contribution in [0.25, 0.3) is 0 Å². The molecular formula is C25H37N5O6S. The number of pyridine rings is 1. The predicted molar refractivity (Wildman–Crippen MR) is 140 cm³/mol. The van der Waals surface area contributed by atoms with Crippen LogP contribution in [0, 0.1) is 5.92 Å². The van der Waals surface area contributed by atoms with Crippen LogP contribution in [-0.4, -0.2) is 86.8 Å². The van der Waals surface area contributed by atoms with Crippen molar-refractivity contribution < 1.29 is 27.9 Å². The van der Waals surface area contributed by atoms with Gasteiger partial charge in [-0.2, -0.15) is 4.72 Å². The minimum absolute atomic E-state index is 0.153. The number of likely N-dealkylation sites (N-methyl/N-ethyl adjacent to an activating group) is 1. The molecule has 204 valence electrons. The maximum Gasteiger partial charge on any atom is 0.323 e. The van der Waals surface area contributed by atoms with Crippen molar-refractivity contribution in [2.75, 3.05) is 38.6 Å². The van der Waals surface area contributed by atoms with Gasteiger partial charge in [-0.25, -0.2) is 13.4 Å². The van der Waals surface area contributed by atoms with Crippen molar-refractivity contribution in [1.29, 1.82) is 0 Å². The van der Waals surface area contributed by atoms with Crippen molar-refractivity contribution in [3.05, 3.63) is 46.5 Å². The van der Waals surface area contributed by atoms with E-state index in [1.54, 1.807) is 26.1 Å². The molecule has 2 heterocycles. The number of carboxylic acids is 1. The molecule has 1 aliphatic heterocycles. The number of allylic oxidation sites excluding steroid dienone is 4. The first kappa shape index (κ1) is 28.8. The van der Waals surface area contributed by atoms with Crippen molar-refractivity contribution in [2.45, 2.75) is 51.8 Å². The van der Waals surface area contributed by atoms with Crippen molar-refractivity contribution in [3.8, 4) is 0 Å². The highest BCUT2D eigenvalue weighted by atomic mass is 32.2. The molecule has 0 aromatic carbocycles. The second-order valence-electron chi connectivity index (χ2n) is 9.82. The number of nitrogens with zero attached hydrogens (tertiary/aromatic N) is 2. The molecule has 1 saturated heterocycles. The predicted octanol–water partition coefficient (Wildman–Crippen LogP) is 1.33. The quantitative estimate of drug-likeness (QED) is 0.311. The zero-order chi connectivity index (χ0) is 27.2. The molecule has 4 atom stereocenters. The fourth-order valence-electron chi connectivity index (χ4n) is 4.91. The zero-order valence-corrected chi connectivity index (χ0v) is 22.5. The molecule has 1 fully saturated rings. The van der Waals surface area contributed by atoms with Gasteiger partial charge >= 0.3 is 5.97 Å². The Balaban J connectivity index is 1.46. The SMILES string of the molecule is CC1=CC(C)=C(S(=O)(=O)N[C@@H](CNC(=O)CO[C@@H]2C[C@@H](CNc3ccccn3)N(C)C2)C(=O)O)C(C)C1. The van der Waals surface area contributed by atoms with Gasteiger partial charge in [-0.3, -0.25) is 14.5 Å². The average Bonchev–Trinajstić information content (AvgIpc) is 3.18. The van der Waals surface area contributed by atoms with E-state index in [0.717, 1.165) is 17.8 Å². The second-order valence-corrected chi connectivity index (χ2v) is 11.5. The number of hydrogen-bond donors (Lipinski definition) is 4. The molecule has 12 heteroatoms. The molecule has 0 spiro atoms. The van der Waals surface area contributed by atoms with Crippen LogP contribution >= 0.6 is 0 Å². The van der Waals surface area contributed by atoms with E-state index in [1.165, 1.54) is 0 Å². The van der Waals surface area contributed by atoms with Crippen LogP contribution in [0.15, 0.2) is 46.5 Å². The molecule has 1 unspecified atom stereocenters. The van der Waals surface area contributed by atoms with Crippen LogP contribution in [0.2, 0.25) is 0 Å². The number of amides is 1. The lowest BCUT2D eigenvalue weighted by Crippen LogP contribution is -2.49. The summed E-state index contributed by atoms with van der Waals surface area (Å²) in [5.74, 6) is -1.37. The molecule has 3 rings (SSSR count). The summed E-state index contributed by atoms with van der Waals surface area (Å²) in [5.41, 5.74) is 1.65. The number of aliphatic carboxylic acids is 1. The molecule has 0 radical (unpaired) electrons. The molecule has 11 nitrogen and oxygen atoms in total. The molecule has 2 aliphatic rings. The van der Waals surface area contributed by atoms with Gasteiger partial charge in [0.1, 0.15) is 18.5 Å². The standard InChI is InChI=1S/C25H37N5O6S/c1-16-9-17(2)24(18(3)10-16)37(34,35)29-21(25(32)33)13-28-23(31)15-36-20-11-19(30(4)14-20)12-27-22-7-5-6-8-26-22/h5-9,18-21,29H,10-15H2,1-4H3,(H,26,27)(H,28,31)(H,32,33)/t18?,19-,20+,21-/m0/s1. The highest BCUT2D eigenvalue weighted by Gasteiger charge is 2.33. The lowest BCUT2D eigenvalue weighted by atomic mass is 9.93. The molecule has 0 bridgehead atoms. The highest BCUT2D eigenvalue weighted by Crippen LogP contribution is 2.32. The number of rotatable bonds is 12. The Labute approximate surface area is 218 Å². The first-order chi connectivity index (χ1) is 17.5. The Bertz CT molecular complexity index is 1140. The summed E-state index contributed by atoms with van der Waals surface area (Å²) < 4.78 is 33.9. The van der Waals surface area contributed by atoms with Gasteiger partial charge in [0, 0.05) is 31.9 Å². The summed E-state index contributed by atoms with van der Waals surface area (Å²) in [4.78, 5) is 30.7. The largest absolute Gasteiger partial charge is 0.480 e. The van der Waals surface area contributed by atoms with Gasteiger partial charge < -0.3 is 20.5 Å². The molecule has 1 aliphatic carbocycles. The van der Waals surface area contributed by atoms with Crippen LogP contribution in [0.4, 0.5) is 5.82 Å². The maximum atomic E-state index is 13.0. The molecule has 37 heavy (non-hydrogen) atoms. The third kappa shape index (κ3) is 8.09. The minimum atomic E-state index is -4.05. The van der Waals surface area contributed by atoms with E-state index in [9.17, 15) is 23.1 Å². The van der Waals surface area contributed by atoms with E-state index in [0.29, 0.717) is 25.1 Å². The summed E-state index contributed by atoms with van der Waals surface area (Å²) in [5, 5.41) is 15.3. The first-order valence-corrected chi connectivity index (χ1v) is 13.8. The molecule has 1 aromatic rings. The Hall–Kier alpha value is -2.80. The number of hydrogen-bond acceptors (Lipinski definition) is 8. The monoisotopic (exact) mass is 535 g/mol. The summed E-state index contributed by atoms with van der Waals surface area (Å²) in [6.45, 7) is 6.11. The van der Waals surface area contributed by atoms with Crippen molar-refractivity contribution in [1.82, 2.24) is 19.9 Å². The Kier molecular flexibility index (Phi) is 9.82. The molecule has 1 amide bonds. The molecular weight excluding hydrogens is 498 g/mol. The van der Waals surface area contributed by atoms with E-state index >= 15 is 0 Å². The van der Waals surface area contributed by atoms with Crippen LogP contribution in [0.3, 0.4) is 0 Å². The summed E-state index contributed by atoms with van der Waals surface area (Å²) >= 11 is 0. The van der Waals surface area contributed by atoms with E-state index < -0.39 is 34.5 Å². The summed E-state index contributed by atoms with van der Waals surface area (Å²) in [6, 6.07) is 4.35. The van der Waals surface area contributed by atoms with Crippen molar-refractivity contribution in [3.63, 3.8) is 0 Å². The van der Waals surface area contributed by atoms with E-state index in [-0.39, 0.29) is 29.6 Å². The lowest BCUT2D eigenvalue weighted by molar-refractivity contribution is -0.139. The number of aromatic nitrogens is 1. The van der Waals surface area contributed by atoms with Gasteiger partial charge in [-0.05, 0) is 57.4 Å². The fraction of sp³-hybridized carbons (Fsp3) is 0.560. The summed E-state index contributed by atoms with van der Waals surface area (Å²) in [6.07, 6.45) is 4.66. The van der Waals surface area contributed by atoms with Crippen LogP contribution in [0.5, 0.6) is 0 Å². The van der Waals surface area contributed by atoms with E-state index in [2.05, 4.69) is 25.2 Å². The number of carbonyl (C=O) groups is 2. The van der Waals surface area contributed by atoms with E-state index in [4.69, 9.17) is 4.74 Å². The molecule has 0 saturated carbocycles. The third-order valence-electron chi connectivity index (χ3n) is 6.60. The number of anilines is 1. The van der Waals surface area contributed by atoms with Gasteiger partial charge in [-0.15, -0.1) is 0 Å². The Morgan fingerprint density at radius 2 is 2.05 bits per heavy atom. The third-order valence-corrected chi connectivity index (χ3v) is 8.50.